The number of benzene rings is 1. The van der Waals surface area contributed by atoms with E-state index in [2.05, 4.69) is 63.7 Å². The zero-order chi connectivity index (χ0) is 28.7. The molecule has 2 fully saturated rings. The highest BCUT2D eigenvalue weighted by Gasteiger charge is 2.44. The molecule has 0 N–H and O–H groups in total. The maximum absolute atomic E-state index is 13.4. The van der Waals surface area contributed by atoms with Crippen LogP contribution >= 0.6 is 11.3 Å². The Bertz CT molecular complexity index is 1370. The van der Waals surface area contributed by atoms with E-state index in [0.717, 1.165) is 75.0 Å². The fourth-order valence-corrected chi connectivity index (χ4v) is 7.93. The van der Waals surface area contributed by atoms with Crippen molar-refractivity contribution in [2.75, 3.05) is 39.3 Å². The Balaban J connectivity index is 1.13. The average molecular weight is 575 g/mol. The van der Waals surface area contributed by atoms with E-state index in [1.807, 2.05) is 30.3 Å². The lowest BCUT2D eigenvalue weighted by Gasteiger charge is -2.53. The molecular formula is C32H42N6O2S. The fourth-order valence-electron chi connectivity index (χ4n) is 7.30. The summed E-state index contributed by atoms with van der Waals surface area (Å²) in [5.74, 6) is 0.0701. The second kappa shape index (κ2) is 11.5. The molecule has 0 spiro atoms. The number of hydrogen-bond donors (Lipinski definition) is 0. The van der Waals surface area contributed by atoms with E-state index in [-0.39, 0.29) is 23.6 Å². The highest BCUT2D eigenvalue weighted by atomic mass is 32.1. The molecule has 8 nitrogen and oxygen atoms in total. The standard InChI is InChI=1S/C32H42N6O2S/c1-6-40-27-18-25-17-24(30-33-11-16-41-30)7-8-26(25)29(27)38-15-14-37(19-21(38)2)32(5)9-12-36(13-10-32)31(39)28-22(3)34-20-35-23(28)4/h7-8,11,16-17,20-21,27,29H,6,9-10,12-15,18-19H2,1-5H3/t21-,27+,29?/m0/s1. The summed E-state index contributed by atoms with van der Waals surface area (Å²) < 4.78 is 6.37. The lowest BCUT2D eigenvalue weighted by molar-refractivity contribution is -0.0630. The van der Waals surface area contributed by atoms with Gasteiger partial charge in [-0.15, -0.1) is 11.3 Å². The van der Waals surface area contributed by atoms with Crippen LogP contribution in [0.1, 0.15) is 72.5 Å². The number of piperidine rings is 1. The van der Waals surface area contributed by atoms with Crippen LogP contribution in [0.15, 0.2) is 36.1 Å². The van der Waals surface area contributed by atoms with Gasteiger partial charge in [0.15, 0.2) is 0 Å². The largest absolute Gasteiger partial charge is 0.376 e. The number of ether oxygens (including phenoxy) is 1. The zero-order valence-electron chi connectivity index (χ0n) is 25.0. The lowest BCUT2D eigenvalue weighted by Crippen LogP contribution is -2.62. The number of likely N-dealkylation sites (tertiary alicyclic amines) is 1. The smallest absolute Gasteiger partial charge is 0.257 e. The molecule has 1 amide bonds. The van der Waals surface area contributed by atoms with E-state index in [1.54, 1.807) is 11.3 Å². The molecule has 3 atom stereocenters. The summed E-state index contributed by atoms with van der Waals surface area (Å²) in [7, 11) is 0. The van der Waals surface area contributed by atoms with Crippen molar-refractivity contribution in [1.29, 1.82) is 0 Å². The molecule has 4 heterocycles. The number of nitrogens with zero attached hydrogens (tertiary/aromatic N) is 6. The molecular weight excluding hydrogens is 532 g/mol. The van der Waals surface area contributed by atoms with Crippen molar-refractivity contribution in [2.45, 2.75) is 77.6 Å². The van der Waals surface area contributed by atoms with E-state index in [9.17, 15) is 4.79 Å². The van der Waals surface area contributed by atoms with Gasteiger partial charge < -0.3 is 9.64 Å². The predicted molar refractivity (Wildman–Crippen MR) is 162 cm³/mol. The Morgan fingerprint density at radius 3 is 2.51 bits per heavy atom. The second-order valence-electron chi connectivity index (χ2n) is 12.1. The summed E-state index contributed by atoms with van der Waals surface area (Å²) in [5.41, 5.74) is 6.29. The molecule has 0 saturated carbocycles. The van der Waals surface area contributed by atoms with Crippen molar-refractivity contribution < 1.29 is 9.53 Å². The number of aromatic nitrogens is 3. The highest BCUT2D eigenvalue weighted by molar-refractivity contribution is 7.13. The normalized spacial score (nSPS) is 24.9. The minimum Gasteiger partial charge on any atom is -0.376 e. The SMILES string of the molecule is CCO[C@@H]1Cc2cc(-c3nccs3)ccc2C1N1CCN(C2(C)CCN(C(=O)c3c(C)ncnc3C)CC2)C[C@@H]1C. The van der Waals surface area contributed by atoms with Crippen molar-refractivity contribution >= 4 is 17.2 Å². The summed E-state index contributed by atoms with van der Waals surface area (Å²) >= 11 is 1.69. The molecule has 1 aromatic carbocycles. The van der Waals surface area contributed by atoms with Crippen molar-refractivity contribution in [3.8, 4) is 10.6 Å². The Kier molecular flexibility index (Phi) is 7.98. The first-order chi connectivity index (χ1) is 19.8. The van der Waals surface area contributed by atoms with E-state index in [4.69, 9.17) is 4.74 Å². The fraction of sp³-hybridized carbons (Fsp3) is 0.562. The average Bonchev–Trinajstić information content (AvgIpc) is 3.62. The second-order valence-corrected chi connectivity index (χ2v) is 13.0. The van der Waals surface area contributed by atoms with E-state index in [1.165, 1.54) is 23.0 Å². The number of thiazole rings is 1. The van der Waals surface area contributed by atoms with Crippen LogP contribution in [0.3, 0.4) is 0 Å². The van der Waals surface area contributed by atoms with Crippen LogP contribution in [0.25, 0.3) is 10.6 Å². The zero-order valence-corrected chi connectivity index (χ0v) is 25.8. The minimum absolute atomic E-state index is 0.0701. The van der Waals surface area contributed by atoms with Gasteiger partial charge in [-0.3, -0.25) is 14.6 Å². The first-order valence-electron chi connectivity index (χ1n) is 15.0. The van der Waals surface area contributed by atoms with Crippen molar-refractivity contribution in [1.82, 2.24) is 29.7 Å². The Hall–Kier alpha value is -2.72. The van der Waals surface area contributed by atoms with Gasteiger partial charge in [0.25, 0.3) is 5.91 Å². The lowest BCUT2D eigenvalue weighted by atomic mass is 9.86. The predicted octanol–water partition coefficient (Wildman–Crippen LogP) is 4.92. The summed E-state index contributed by atoms with van der Waals surface area (Å²) in [5, 5.41) is 3.12. The molecule has 2 aliphatic heterocycles. The third kappa shape index (κ3) is 5.33. The molecule has 0 bridgehead atoms. The molecule has 3 aliphatic rings. The molecule has 9 heteroatoms. The maximum Gasteiger partial charge on any atom is 0.257 e. The molecule has 2 aromatic heterocycles. The Morgan fingerprint density at radius 2 is 1.85 bits per heavy atom. The number of carbonyl (C=O) groups is 1. The van der Waals surface area contributed by atoms with Gasteiger partial charge in [0.05, 0.1) is 29.1 Å². The first kappa shape index (κ1) is 28.4. The summed E-state index contributed by atoms with van der Waals surface area (Å²) in [6.45, 7) is 16.0. The molecule has 2 saturated heterocycles. The highest BCUT2D eigenvalue weighted by Crippen LogP contribution is 2.42. The van der Waals surface area contributed by atoms with Gasteiger partial charge in [0, 0.05) is 74.5 Å². The van der Waals surface area contributed by atoms with Gasteiger partial charge in [0.1, 0.15) is 11.3 Å². The van der Waals surface area contributed by atoms with Gasteiger partial charge in [-0.1, -0.05) is 12.1 Å². The Labute approximate surface area is 247 Å². The Morgan fingerprint density at radius 1 is 1.10 bits per heavy atom. The van der Waals surface area contributed by atoms with Gasteiger partial charge in [-0.25, -0.2) is 15.0 Å². The summed E-state index contributed by atoms with van der Waals surface area (Å²) in [6.07, 6.45) is 6.50. The van der Waals surface area contributed by atoms with Gasteiger partial charge in [-0.05, 0) is 64.7 Å². The molecule has 3 aromatic rings. The number of carbonyl (C=O) groups excluding carboxylic acids is 1. The third-order valence-corrected chi connectivity index (χ3v) is 10.5. The van der Waals surface area contributed by atoms with Crippen LogP contribution < -0.4 is 0 Å². The monoisotopic (exact) mass is 574 g/mol. The number of fused-ring (bicyclic) bond motifs is 1. The molecule has 41 heavy (non-hydrogen) atoms. The van der Waals surface area contributed by atoms with Gasteiger partial charge in [0.2, 0.25) is 0 Å². The third-order valence-electron chi connectivity index (χ3n) is 9.66. The van der Waals surface area contributed by atoms with Crippen LogP contribution in [0.2, 0.25) is 0 Å². The van der Waals surface area contributed by atoms with Crippen molar-refractivity contribution in [2.24, 2.45) is 0 Å². The number of hydrogen-bond acceptors (Lipinski definition) is 8. The number of aryl methyl sites for hydroxylation is 2. The summed E-state index contributed by atoms with van der Waals surface area (Å²) in [6, 6.07) is 7.58. The van der Waals surface area contributed by atoms with Gasteiger partial charge in [-0.2, -0.15) is 0 Å². The van der Waals surface area contributed by atoms with Crippen LogP contribution in [-0.2, 0) is 11.2 Å². The molecule has 1 aliphatic carbocycles. The van der Waals surface area contributed by atoms with E-state index < -0.39 is 0 Å². The van der Waals surface area contributed by atoms with Crippen LogP contribution in [-0.4, -0.2) is 92.6 Å². The molecule has 0 radical (unpaired) electrons. The minimum atomic E-state index is 0.0701. The van der Waals surface area contributed by atoms with E-state index in [0.29, 0.717) is 11.6 Å². The first-order valence-corrected chi connectivity index (χ1v) is 15.9. The van der Waals surface area contributed by atoms with Crippen LogP contribution in [0.4, 0.5) is 0 Å². The number of piperazine rings is 1. The van der Waals surface area contributed by atoms with Crippen LogP contribution in [0.5, 0.6) is 0 Å². The van der Waals surface area contributed by atoms with Crippen molar-refractivity contribution in [3.63, 3.8) is 0 Å². The summed E-state index contributed by atoms with van der Waals surface area (Å²) in [4.78, 5) is 33.8. The number of rotatable bonds is 6. The van der Waals surface area contributed by atoms with Crippen LogP contribution in [0, 0.1) is 13.8 Å². The molecule has 6 rings (SSSR count). The van der Waals surface area contributed by atoms with Gasteiger partial charge >= 0.3 is 0 Å². The molecule has 1 unspecified atom stereocenters. The van der Waals surface area contributed by atoms with E-state index >= 15 is 0 Å². The quantitative estimate of drug-likeness (QED) is 0.414. The number of amides is 1. The van der Waals surface area contributed by atoms with Crippen molar-refractivity contribution in [3.05, 3.63) is 64.2 Å². The maximum atomic E-state index is 13.4. The topological polar surface area (TPSA) is 74.7 Å². The molecule has 218 valence electrons.